The third-order valence-corrected chi connectivity index (χ3v) is 4.00. The fraction of sp³-hybridized carbons (Fsp3) is 0.533. The Labute approximate surface area is 119 Å². The predicted molar refractivity (Wildman–Crippen MR) is 79.1 cm³/mol. The van der Waals surface area contributed by atoms with Crippen LogP contribution in [0.2, 0.25) is 0 Å². The molecule has 0 aliphatic heterocycles. The van der Waals surface area contributed by atoms with Gasteiger partial charge in [-0.25, -0.2) is 0 Å². The SMILES string of the molecule is NC(=O)c1ccc(CN(CCCO)C2CCC2)c(N)c1. The monoisotopic (exact) mass is 277 g/mol. The summed E-state index contributed by atoms with van der Waals surface area (Å²) in [6, 6.07) is 5.83. The van der Waals surface area contributed by atoms with Crippen LogP contribution in [0.4, 0.5) is 5.69 Å². The van der Waals surface area contributed by atoms with E-state index in [-0.39, 0.29) is 6.61 Å². The molecule has 0 bridgehead atoms. The lowest BCUT2D eigenvalue weighted by Crippen LogP contribution is -2.40. The van der Waals surface area contributed by atoms with E-state index in [1.807, 2.05) is 6.07 Å². The molecule has 0 unspecified atom stereocenters. The number of carbonyl (C=O) groups excluding carboxylic acids is 1. The minimum Gasteiger partial charge on any atom is -0.398 e. The van der Waals surface area contributed by atoms with Crippen molar-refractivity contribution in [2.75, 3.05) is 18.9 Å². The van der Waals surface area contributed by atoms with E-state index in [1.54, 1.807) is 12.1 Å². The van der Waals surface area contributed by atoms with E-state index in [0.29, 0.717) is 17.3 Å². The molecule has 1 aliphatic rings. The summed E-state index contributed by atoms with van der Waals surface area (Å²) in [5.41, 5.74) is 13.3. The van der Waals surface area contributed by atoms with Gasteiger partial charge in [0.25, 0.3) is 0 Å². The van der Waals surface area contributed by atoms with Crippen molar-refractivity contribution in [3.63, 3.8) is 0 Å². The molecule has 1 amide bonds. The highest BCUT2D eigenvalue weighted by molar-refractivity contribution is 5.93. The number of hydrogen-bond donors (Lipinski definition) is 3. The summed E-state index contributed by atoms with van der Waals surface area (Å²) in [7, 11) is 0. The van der Waals surface area contributed by atoms with Gasteiger partial charge in [0.2, 0.25) is 5.91 Å². The third-order valence-electron chi connectivity index (χ3n) is 4.00. The Balaban J connectivity index is 2.07. The number of anilines is 1. The molecular formula is C15H23N3O2. The van der Waals surface area contributed by atoms with E-state index in [4.69, 9.17) is 16.6 Å². The molecule has 5 N–H and O–H groups in total. The first-order chi connectivity index (χ1) is 9.61. The third kappa shape index (κ3) is 3.49. The van der Waals surface area contributed by atoms with Crippen molar-refractivity contribution in [1.82, 2.24) is 4.90 Å². The lowest BCUT2D eigenvalue weighted by molar-refractivity contribution is 0.0999. The Morgan fingerprint density at radius 1 is 1.40 bits per heavy atom. The number of nitrogens with zero attached hydrogens (tertiary/aromatic N) is 1. The molecule has 20 heavy (non-hydrogen) atoms. The van der Waals surface area contributed by atoms with Crippen molar-refractivity contribution in [2.24, 2.45) is 5.73 Å². The molecule has 0 saturated heterocycles. The number of benzene rings is 1. The first-order valence-corrected chi connectivity index (χ1v) is 7.15. The Hall–Kier alpha value is -1.59. The second-order valence-electron chi connectivity index (χ2n) is 5.41. The van der Waals surface area contributed by atoms with Gasteiger partial charge in [0.15, 0.2) is 0 Å². The maximum absolute atomic E-state index is 11.1. The molecule has 0 aromatic heterocycles. The van der Waals surface area contributed by atoms with Gasteiger partial charge in [0, 0.05) is 37.0 Å². The molecule has 0 spiro atoms. The van der Waals surface area contributed by atoms with Crippen LogP contribution in [-0.4, -0.2) is 35.1 Å². The van der Waals surface area contributed by atoms with Gasteiger partial charge >= 0.3 is 0 Å². The summed E-state index contributed by atoms with van der Waals surface area (Å²) < 4.78 is 0. The van der Waals surface area contributed by atoms with Crippen molar-refractivity contribution in [3.8, 4) is 0 Å². The smallest absolute Gasteiger partial charge is 0.248 e. The maximum Gasteiger partial charge on any atom is 0.248 e. The largest absolute Gasteiger partial charge is 0.398 e. The number of nitrogen functional groups attached to an aromatic ring is 1. The lowest BCUT2D eigenvalue weighted by Gasteiger charge is -2.37. The van der Waals surface area contributed by atoms with Crippen LogP contribution in [0.15, 0.2) is 18.2 Å². The molecular weight excluding hydrogens is 254 g/mol. The summed E-state index contributed by atoms with van der Waals surface area (Å²) in [5.74, 6) is -0.459. The number of hydrogen-bond acceptors (Lipinski definition) is 4. The van der Waals surface area contributed by atoms with Gasteiger partial charge in [-0.2, -0.15) is 0 Å². The van der Waals surface area contributed by atoms with Gasteiger partial charge in [-0.3, -0.25) is 9.69 Å². The van der Waals surface area contributed by atoms with Crippen LogP contribution in [0.25, 0.3) is 0 Å². The summed E-state index contributed by atoms with van der Waals surface area (Å²) in [6.07, 6.45) is 4.47. The summed E-state index contributed by atoms with van der Waals surface area (Å²) >= 11 is 0. The van der Waals surface area contributed by atoms with Gasteiger partial charge < -0.3 is 16.6 Å². The number of carbonyl (C=O) groups is 1. The van der Waals surface area contributed by atoms with Gasteiger partial charge in [-0.15, -0.1) is 0 Å². The van der Waals surface area contributed by atoms with Crippen LogP contribution in [-0.2, 0) is 6.54 Å². The van der Waals surface area contributed by atoms with Crippen molar-refractivity contribution in [2.45, 2.75) is 38.3 Å². The predicted octanol–water partition coefficient (Wildman–Crippen LogP) is 1.10. The number of aliphatic hydroxyl groups excluding tert-OH is 1. The van der Waals surface area contributed by atoms with Gasteiger partial charge in [0.1, 0.15) is 0 Å². The van der Waals surface area contributed by atoms with E-state index >= 15 is 0 Å². The topological polar surface area (TPSA) is 92.6 Å². The zero-order valence-electron chi connectivity index (χ0n) is 11.7. The van der Waals surface area contributed by atoms with Gasteiger partial charge in [-0.1, -0.05) is 12.5 Å². The van der Waals surface area contributed by atoms with Gasteiger partial charge in [-0.05, 0) is 37.0 Å². The Kier molecular flexibility index (Phi) is 4.98. The minimum absolute atomic E-state index is 0.208. The van der Waals surface area contributed by atoms with Crippen LogP contribution in [0.5, 0.6) is 0 Å². The van der Waals surface area contributed by atoms with Gasteiger partial charge in [0.05, 0.1) is 0 Å². The Morgan fingerprint density at radius 3 is 2.65 bits per heavy atom. The first kappa shape index (κ1) is 14.8. The Bertz CT molecular complexity index is 472. The standard InChI is InChI=1S/C15H23N3O2/c16-14-9-11(15(17)20)5-6-12(14)10-18(7-2-8-19)13-3-1-4-13/h5-6,9,13,19H,1-4,7-8,10,16H2,(H2,17,20). The van der Waals surface area contributed by atoms with Crippen LogP contribution in [0, 0.1) is 0 Å². The van der Waals surface area contributed by atoms with E-state index in [0.717, 1.165) is 25.1 Å². The molecule has 0 radical (unpaired) electrons. The average Bonchev–Trinajstić information content (AvgIpc) is 2.35. The molecule has 1 aromatic rings. The van der Waals surface area contributed by atoms with Crippen molar-refractivity contribution >= 4 is 11.6 Å². The van der Waals surface area contributed by atoms with Crippen LogP contribution in [0.3, 0.4) is 0 Å². The fourth-order valence-electron chi connectivity index (χ4n) is 2.53. The number of primary amides is 1. The number of nitrogens with two attached hydrogens (primary N) is 2. The first-order valence-electron chi connectivity index (χ1n) is 7.15. The lowest BCUT2D eigenvalue weighted by atomic mass is 9.91. The van der Waals surface area contributed by atoms with E-state index in [2.05, 4.69) is 4.90 Å². The normalized spacial score (nSPS) is 15.3. The Morgan fingerprint density at radius 2 is 2.15 bits per heavy atom. The molecule has 0 heterocycles. The molecule has 1 aromatic carbocycles. The number of amides is 1. The van der Waals surface area contributed by atoms with E-state index in [1.165, 1.54) is 19.3 Å². The number of aliphatic hydroxyl groups is 1. The fourth-order valence-corrected chi connectivity index (χ4v) is 2.53. The van der Waals surface area contributed by atoms with E-state index < -0.39 is 5.91 Å². The highest BCUT2D eigenvalue weighted by atomic mass is 16.3. The summed E-state index contributed by atoms with van der Waals surface area (Å²) in [5, 5.41) is 9.00. The second-order valence-corrected chi connectivity index (χ2v) is 5.41. The van der Waals surface area contributed by atoms with Crippen LogP contribution >= 0.6 is 0 Å². The molecule has 5 nitrogen and oxygen atoms in total. The second kappa shape index (κ2) is 6.72. The van der Waals surface area contributed by atoms with Crippen molar-refractivity contribution in [1.29, 1.82) is 0 Å². The molecule has 1 saturated carbocycles. The summed E-state index contributed by atoms with van der Waals surface area (Å²) in [4.78, 5) is 13.5. The van der Waals surface area contributed by atoms with Crippen molar-refractivity contribution < 1.29 is 9.90 Å². The zero-order valence-corrected chi connectivity index (χ0v) is 11.7. The molecule has 110 valence electrons. The molecule has 0 atom stereocenters. The summed E-state index contributed by atoms with van der Waals surface area (Å²) in [6.45, 7) is 1.84. The van der Waals surface area contributed by atoms with Crippen LogP contribution < -0.4 is 11.5 Å². The molecule has 1 fully saturated rings. The zero-order chi connectivity index (χ0) is 14.5. The molecule has 2 rings (SSSR count). The quantitative estimate of drug-likeness (QED) is 0.651. The molecule has 5 heteroatoms. The minimum atomic E-state index is -0.459. The highest BCUT2D eigenvalue weighted by Gasteiger charge is 2.25. The van der Waals surface area contributed by atoms with Crippen molar-refractivity contribution in [3.05, 3.63) is 29.3 Å². The van der Waals surface area contributed by atoms with Crippen LogP contribution in [0.1, 0.15) is 41.6 Å². The highest BCUT2D eigenvalue weighted by Crippen LogP contribution is 2.27. The maximum atomic E-state index is 11.1. The molecule has 1 aliphatic carbocycles. The number of rotatable bonds is 7. The average molecular weight is 277 g/mol. The van der Waals surface area contributed by atoms with E-state index in [9.17, 15) is 4.79 Å².